The molecule has 0 radical (unpaired) electrons. The van der Waals surface area contributed by atoms with Gasteiger partial charge in [-0.25, -0.2) is 18.9 Å². The SMILES string of the molecule is COC1/C=C/C(C)CCC(O)CC(O)CCCC(O)CCCCC(C)C(OS(=O)(=O)O)C(NC(=O)/C(C)=C/C(C)C(O)CC(O)CC(O)CCCC(O)CC(O)CC(O)CC2OC(c3csc(CCCCCC[C@@H](C)N)n3)CCC2C)C(C)OC(=O)c2coc(n2)CCCC(O)CC(O)CCCC(O)C1. The van der Waals surface area contributed by atoms with E-state index in [4.69, 9.17) is 33.5 Å². The molecule has 22 unspecified atom stereocenters. The van der Waals surface area contributed by atoms with Gasteiger partial charge in [-0.3, -0.25) is 9.35 Å². The van der Waals surface area contributed by atoms with Gasteiger partial charge in [-0.05, 0) is 212 Å². The zero-order chi connectivity index (χ0) is 77.8. The van der Waals surface area contributed by atoms with E-state index in [9.17, 15) is 83.8 Å². The van der Waals surface area contributed by atoms with Crippen LogP contribution in [-0.4, -0.2) is 213 Å². The summed E-state index contributed by atoms with van der Waals surface area (Å²) >= 11 is 1.66. The molecular weight excluding hydrogens is 1400 g/mol. The van der Waals surface area contributed by atoms with Crippen LogP contribution in [0.1, 0.15) is 287 Å². The molecule has 2 aromatic heterocycles. The Morgan fingerprint density at radius 1 is 0.676 bits per heavy atom. The third kappa shape index (κ3) is 39.8. The Morgan fingerprint density at radius 2 is 1.26 bits per heavy atom. The number of esters is 1. The van der Waals surface area contributed by atoms with E-state index in [0.717, 1.165) is 68.3 Å². The number of ether oxygens (including phenoxy) is 3. The Kier molecular flexibility index (Phi) is 45.1. The zero-order valence-corrected chi connectivity index (χ0v) is 65.6. The number of nitrogens with zero attached hydrogens (tertiary/aromatic N) is 2. The van der Waals surface area contributed by atoms with E-state index < -0.39 is 126 Å². The van der Waals surface area contributed by atoms with E-state index >= 15 is 0 Å². The number of nitrogens with one attached hydrogen (secondary N) is 1. The lowest BCUT2D eigenvalue weighted by atomic mass is 9.88. The molecule has 2 aliphatic rings. The van der Waals surface area contributed by atoms with Crippen molar-refractivity contribution < 1.29 is 107 Å². The molecule has 4 heterocycles. The zero-order valence-electron chi connectivity index (χ0n) is 64.0. The van der Waals surface area contributed by atoms with Crippen LogP contribution in [0.2, 0.25) is 0 Å². The Hall–Kier alpha value is -3.47. The maximum atomic E-state index is 14.2. The van der Waals surface area contributed by atoms with Crippen LogP contribution in [0.5, 0.6) is 0 Å². The van der Waals surface area contributed by atoms with Gasteiger partial charge in [0.25, 0.3) is 0 Å². The van der Waals surface area contributed by atoms with Gasteiger partial charge < -0.3 is 91.0 Å². The number of fused-ring (bicyclic) bond motifs is 2. The third-order valence-corrected chi connectivity index (χ3v) is 22.2. The molecule has 2 bridgehead atoms. The molecule has 0 aromatic carbocycles. The summed E-state index contributed by atoms with van der Waals surface area (Å²) in [6, 6.07) is -1.25. The third-order valence-electron chi connectivity index (χ3n) is 20.8. The minimum absolute atomic E-state index is 0.0176. The van der Waals surface area contributed by atoms with Crippen LogP contribution in [0.4, 0.5) is 0 Å². The van der Waals surface area contributed by atoms with Crippen molar-refractivity contribution in [3.05, 3.63) is 57.7 Å². The highest BCUT2D eigenvalue weighted by Gasteiger charge is 2.40. The summed E-state index contributed by atoms with van der Waals surface area (Å²) in [5.41, 5.74) is 6.57. The average molecular weight is 1530 g/mol. The summed E-state index contributed by atoms with van der Waals surface area (Å²) < 4.78 is 64.3. The molecule has 2 aliphatic heterocycles. The van der Waals surface area contributed by atoms with Crippen LogP contribution in [-0.2, 0) is 46.4 Å². The molecule has 26 nitrogen and oxygen atoms in total. The second kappa shape index (κ2) is 50.4. The fourth-order valence-corrected chi connectivity index (χ4v) is 15.7. The molecule has 2 aromatic rings. The van der Waals surface area contributed by atoms with E-state index in [1.165, 1.54) is 19.9 Å². The minimum atomic E-state index is -5.24. The molecule has 0 spiro atoms. The van der Waals surface area contributed by atoms with Crippen LogP contribution in [0.15, 0.2) is 39.9 Å². The van der Waals surface area contributed by atoms with Crippen molar-refractivity contribution in [2.24, 2.45) is 29.4 Å². The maximum absolute atomic E-state index is 14.2. The average Bonchev–Trinajstić information content (AvgIpc) is 1.80. The minimum Gasteiger partial charge on any atom is -0.456 e. The van der Waals surface area contributed by atoms with E-state index in [2.05, 4.69) is 22.6 Å². The summed E-state index contributed by atoms with van der Waals surface area (Å²) in [6.45, 7) is 12.2. The number of aliphatic hydroxyl groups excluding tert-OH is 12. The number of hydrogen-bond acceptors (Lipinski definition) is 25. The molecule has 16 N–H and O–H groups in total. The fraction of sp³-hybridized carbons (Fsp3) is 0.844. The van der Waals surface area contributed by atoms with Crippen molar-refractivity contribution in [2.45, 2.75) is 383 Å². The Balaban J connectivity index is 1.34. The molecule has 105 heavy (non-hydrogen) atoms. The number of hydrogen-bond donors (Lipinski definition) is 15. The van der Waals surface area contributed by atoms with Crippen LogP contribution in [0.25, 0.3) is 0 Å². The van der Waals surface area contributed by atoms with Gasteiger partial charge in [0.15, 0.2) is 11.6 Å². The Labute approximate surface area is 629 Å². The van der Waals surface area contributed by atoms with Gasteiger partial charge in [0.05, 0.1) is 102 Å². The molecule has 608 valence electrons. The highest BCUT2D eigenvalue weighted by Crippen LogP contribution is 2.38. The normalized spacial score (nSPS) is 30.3. The predicted octanol–water partition coefficient (Wildman–Crippen LogP) is 8.81. The molecule has 1 fully saturated rings. The molecule has 4 rings (SSSR count). The predicted molar refractivity (Wildman–Crippen MR) is 401 cm³/mol. The molecule has 28 heteroatoms. The monoisotopic (exact) mass is 1530 g/mol. The first-order valence-electron chi connectivity index (χ1n) is 39.2. The largest absolute Gasteiger partial charge is 0.456 e. The lowest BCUT2D eigenvalue weighted by Gasteiger charge is -2.35. The van der Waals surface area contributed by atoms with Crippen LogP contribution < -0.4 is 11.1 Å². The number of aliphatic hydroxyl groups is 12. The molecule has 1 saturated heterocycles. The highest BCUT2D eigenvalue weighted by atomic mass is 32.3. The number of methoxy groups -OCH3 is 1. The number of carbonyl (C=O) groups excluding carboxylic acids is 2. The summed E-state index contributed by atoms with van der Waals surface area (Å²) in [7, 11) is -3.67. The van der Waals surface area contributed by atoms with E-state index in [1.807, 2.05) is 26.0 Å². The first-order chi connectivity index (χ1) is 49.7. The van der Waals surface area contributed by atoms with Gasteiger partial charge in [0.2, 0.25) is 5.91 Å². The van der Waals surface area contributed by atoms with Gasteiger partial charge in [-0.15, -0.1) is 11.3 Å². The van der Waals surface area contributed by atoms with Crippen molar-refractivity contribution in [1.82, 2.24) is 15.3 Å². The summed E-state index contributed by atoms with van der Waals surface area (Å²) in [5.74, 6) is -2.95. The second-order valence-electron chi connectivity index (χ2n) is 31.1. The molecule has 0 aliphatic carbocycles. The van der Waals surface area contributed by atoms with Gasteiger partial charge in [0.1, 0.15) is 24.6 Å². The molecule has 0 saturated carbocycles. The van der Waals surface area contributed by atoms with E-state index in [0.29, 0.717) is 96.3 Å². The number of aromatic nitrogens is 2. The number of aryl methyl sites for hydroxylation is 2. The summed E-state index contributed by atoms with van der Waals surface area (Å²) in [6.07, 6.45) is 7.45. The first kappa shape index (κ1) is 93.9. The number of rotatable bonds is 29. The number of amides is 1. The number of cyclic esters (lactones) is 1. The lowest BCUT2D eigenvalue weighted by Crippen LogP contribution is -2.55. The number of carbonyl (C=O) groups is 2. The number of unbranched alkanes of at least 4 members (excludes halogenated alkanes) is 3. The summed E-state index contributed by atoms with van der Waals surface area (Å²) in [4.78, 5) is 37.2. The van der Waals surface area contributed by atoms with Gasteiger partial charge in [-0.1, -0.05) is 78.0 Å². The fourth-order valence-electron chi connectivity index (χ4n) is 14.2. The quantitative estimate of drug-likeness (QED) is 0.0119. The molecular formula is C77H136N4O22S2. The molecule has 1 amide bonds. The van der Waals surface area contributed by atoms with Crippen molar-refractivity contribution in [3.8, 4) is 0 Å². The van der Waals surface area contributed by atoms with Gasteiger partial charge >= 0.3 is 16.4 Å². The standard InChI is InChI=1S/C77H136N4O22S2/c1-48-31-34-62(89)39-57(84)23-15-22-55(82)21-14-13-19-50(3)75(103-105(96,97)98)74(54(7)101-77(95)67-46-100-72(79-67)29-18-28-58(85)38-56(83)24-17-27-61(88)43-66(99-8)35-32-48)81-76(94)52(5)37-51(4)69(93)44-64(91)41-60(87)26-16-25-59(86)40-63(90)42-65(92)45-71-49(2)33-36-70(102-71)68-47-104-73(80-68)30-12-10-9-11-20-53(6)78/h32,35,37,46-51,53-66,69-71,74-75,82-93H,9-31,33-34,36,38-45,78H2,1-8H3,(H,81,94)(H,96,97,98)/b35-32+,52-37+/t48?,49?,50?,51?,53-,54?,55?,56?,57?,58?,59?,60?,61?,62?,63?,64?,65?,66?,69?,70?,71?,74?,75?/m1/s1. The number of nitrogens with two attached hydrogens (primary N) is 1. The van der Waals surface area contributed by atoms with Crippen LogP contribution >= 0.6 is 11.3 Å². The second-order valence-corrected chi connectivity index (χ2v) is 33.0. The number of oxazole rings is 1. The van der Waals surface area contributed by atoms with Crippen molar-refractivity contribution >= 4 is 33.6 Å². The number of thiazole rings is 1. The van der Waals surface area contributed by atoms with Crippen LogP contribution in [0.3, 0.4) is 0 Å². The molecule has 23 atom stereocenters. The van der Waals surface area contributed by atoms with E-state index in [-0.39, 0.29) is 124 Å². The maximum Gasteiger partial charge on any atom is 0.397 e. The topological polar surface area (TPSA) is 445 Å². The summed E-state index contributed by atoms with van der Waals surface area (Å²) in [5, 5.41) is 137. The van der Waals surface area contributed by atoms with Crippen molar-refractivity contribution in [1.29, 1.82) is 0 Å². The van der Waals surface area contributed by atoms with Crippen molar-refractivity contribution in [2.75, 3.05) is 7.11 Å². The van der Waals surface area contributed by atoms with Gasteiger partial charge in [-0.2, -0.15) is 8.42 Å². The first-order valence-corrected chi connectivity index (χ1v) is 41.4. The van der Waals surface area contributed by atoms with Crippen molar-refractivity contribution in [3.63, 3.8) is 0 Å². The highest BCUT2D eigenvalue weighted by molar-refractivity contribution is 7.80. The Morgan fingerprint density at radius 3 is 1.90 bits per heavy atom. The van der Waals surface area contributed by atoms with Crippen LogP contribution in [0, 0.1) is 23.7 Å². The van der Waals surface area contributed by atoms with Gasteiger partial charge in [0, 0.05) is 42.9 Å². The number of allylic oxidation sites excluding steroid dienone is 1. The lowest BCUT2D eigenvalue weighted by molar-refractivity contribution is -0.120. The smallest absolute Gasteiger partial charge is 0.397 e. The van der Waals surface area contributed by atoms with E-state index in [1.54, 1.807) is 32.3 Å². The Bertz CT molecular complexity index is 2850.